The van der Waals surface area contributed by atoms with Crippen LogP contribution in [-0.4, -0.2) is 16.9 Å². The molecule has 0 aliphatic heterocycles. The molecular weight excluding hydrogens is 270 g/mol. The van der Waals surface area contributed by atoms with Gasteiger partial charge in [0.25, 0.3) is 0 Å². The Labute approximate surface area is 123 Å². The molecule has 20 heavy (non-hydrogen) atoms. The van der Waals surface area contributed by atoms with Gasteiger partial charge in [-0.25, -0.2) is 0 Å². The number of nitrogens with zero attached hydrogens (tertiary/aromatic N) is 2. The molecule has 4 nitrogen and oxygen atoms in total. The van der Waals surface area contributed by atoms with E-state index in [2.05, 4.69) is 25.0 Å². The molecule has 1 aliphatic carbocycles. The van der Waals surface area contributed by atoms with Gasteiger partial charge in [-0.3, -0.25) is 4.68 Å². The van der Waals surface area contributed by atoms with Gasteiger partial charge in [0.15, 0.2) is 5.75 Å². The number of ether oxygens (including phenoxy) is 1. The monoisotopic (exact) mass is 291 g/mol. The highest BCUT2D eigenvalue weighted by atomic mass is 32.1. The van der Waals surface area contributed by atoms with Gasteiger partial charge in [-0.1, -0.05) is 0 Å². The van der Waals surface area contributed by atoms with Crippen molar-refractivity contribution in [3.63, 3.8) is 0 Å². The number of nitrogens with two attached hydrogens (primary N) is 1. The summed E-state index contributed by atoms with van der Waals surface area (Å²) < 4.78 is 7.40. The number of hydrogen-bond donors (Lipinski definition) is 1. The second-order valence-corrected chi connectivity index (χ2v) is 6.73. The Bertz CT molecular complexity index is 593. The number of fused-ring (bicyclic) bond motifs is 1. The first kappa shape index (κ1) is 13.6. The van der Waals surface area contributed by atoms with Crippen molar-refractivity contribution in [3.05, 3.63) is 33.3 Å². The van der Waals surface area contributed by atoms with Crippen LogP contribution >= 0.6 is 11.3 Å². The number of methoxy groups -OCH3 is 1. The highest BCUT2D eigenvalue weighted by Gasteiger charge is 2.25. The molecule has 0 fully saturated rings. The van der Waals surface area contributed by atoms with Crippen molar-refractivity contribution in [2.75, 3.05) is 7.11 Å². The van der Waals surface area contributed by atoms with Crippen LogP contribution in [0.3, 0.4) is 0 Å². The van der Waals surface area contributed by atoms with E-state index in [0.29, 0.717) is 0 Å². The summed E-state index contributed by atoms with van der Waals surface area (Å²) in [4.78, 5) is 2.72. The normalized spacial score (nSPS) is 15.7. The van der Waals surface area contributed by atoms with Gasteiger partial charge < -0.3 is 10.5 Å². The minimum atomic E-state index is -0.162. The van der Waals surface area contributed by atoms with E-state index in [1.807, 2.05) is 16.0 Å². The fourth-order valence-corrected chi connectivity index (χ4v) is 4.12. The average Bonchev–Trinajstić information content (AvgIpc) is 3.10. The first-order valence-electron chi connectivity index (χ1n) is 7.10. The Hall–Kier alpha value is -1.33. The van der Waals surface area contributed by atoms with E-state index in [0.717, 1.165) is 11.4 Å². The first-order valence-corrected chi connectivity index (χ1v) is 7.92. The fraction of sp³-hybridized carbons (Fsp3) is 0.533. The minimum Gasteiger partial charge on any atom is -0.493 e. The third kappa shape index (κ3) is 2.15. The van der Waals surface area contributed by atoms with Crippen LogP contribution in [0.15, 0.2) is 12.3 Å². The molecule has 0 bridgehead atoms. The van der Waals surface area contributed by atoms with Crippen molar-refractivity contribution in [1.82, 2.24) is 9.78 Å². The molecule has 0 amide bonds. The number of aryl methyl sites for hydroxylation is 2. The zero-order valence-corrected chi connectivity index (χ0v) is 13.0. The van der Waals surface area contributed by atoms with Crippen molar-refractivity contribution < 1.29 is 4.74 Å². The molecule has 0 spiro atoms. The van der Waals surface area contributed by atoms with Crippen LogP contribution in [0.25, 0.3) is 0 Å². The Balaban J connectivity index is 2.00. The lowest BCUT2D eigenvalue weighted by atomic mass is 10.1. The van der Waals surface area contributed by atoms with Crippen LogP contribution in [0.2, 0.25) is 0 Å². The second-order valence-electron chi connectivity index (χ2n) is 5.56. The van der Waals surface area contributed by atoms with Crippen LogP contribution in [0, 0.1) is 0 Å². The predicted octanol–water partition coefficient (Wildman–Crippen LogP) is 3.07. The minimum absolute atomic E-state index is 0.162. The van der Waals surface area contributed by atoms with Gasteiger partial charge in [0.2, 0.25) is 0 Å². The van der Waals surface area contributed by atoms with E-state index in [4.69, 9.17) is 10.5 Å². The van der Waals surface area contributed by atoms with E-state index in [9.17, 15) is 0 Å². The lowest BCUT2D eigenvalue weighted by molar-refractivity contribution is 0.401. The molecule has 1 unspecified atom stereocenters. The molecular formula is C15H21N3OS. The van der Waals surface area contributed by atoms with Crippen molar-refractivity contribution in [1.29, 1.82) is 0 Å². The number of aromatic nitrogens is 2. The van der Waals surface area contributed by atoms with Gasteiger partial charge in [-0.15, -0.1) is 11.3 Å². The Morgan fingerprint density at radius 2 is 2.20 bits per heavy atom. The quantitative estimate of drug-likeness (QED) is 0.942. The summed E-state index contributed by atoms with van der Waals surface area (Å²) in [7, 11) is 1.67. The van der Waals surface area contributed by atoms with Gasteiger partial charge in [0.1, 0.15) is 5.69 Å². The number of hydrogen-bond acceptors (Lipinski definition) is 4. The van der Waals surface area contributed by atoms with Gasteiger partial charge in [0, 0.05) is 15.8 Å². The smallest absolute Gasteiger partial charge is 0.161 e. The van der Waals surface area contributed by atoms with Crippen molar-refractivity contribution in [3.8, 4) is 5.75 Å². The summed E-state index contributed by atoms with van der Waals surface area (Å²) >= 11 is 1.85. The van der Waals surface area contributed by atoms with Gasteiger partial charge >= 0.3 is 0 Å². The molecule has 2 N–H and O–H groups in total. The predicted molar refractivity (Wildman–Crippen MR) is 81.5 cm³/mol. The summed E-state index contributed by atoms with van der Waals surface area (Å²) in [6, 6.07) is 2.38. The van der Waals surface area contributed by atoms with Gasteiger partial charge in [-0.2, -0.15) is 5.10 Å². The van der Waals surface area contributed by atoms with Crippen LogP contribution < -0.4 is 10.5 Å². The van der Waals surface area contributed by atoms with Crippen LogP contribution in [0.1, 0.15) is 53.4 Å². The molecule has 0 aromatic carbocycles. The molecule has 0 saturated heterocycles. The van der Waals surface area contributed by atoms with Gasteiger partial charge in [-0.05, 0) is 44.7 Å². The summed E-state index contributed by atoms with van der Waals surface area (Å²) in [5.74, 6) is 0.778. The van der Waals surface area contributed by atoms with Crippen LogP contribution in [0.4, 0.5) is 0 Å². The molecule has 2 heterocycles. The van der Waals surface area contributed by atoms with Crippen LogP contribution in [0.5, 0.6) is 5.75 Å². The third-order valence-corrected chi connectivity index (χ3v) is 5.19. The van der Waals surface area contributed by atoms with Crippen molar-refractivity contribution >= 4 is 11.3 Å². The topological polar surface area (TPSA) is 53.1 Å². The lowest BCUT2D eigenvalue weighted by Crippen LogP contribution is -2.18. The maximum atomic E-state index is 6.51. The van der Waals surface area contributed by atoms with E-state index >= 15 is 0 Å². The Morgan fingerprint density at radius 1 is 1.40 bits per heavy atom. The maximum absolute atomic E-state index is 6.51. The molecule has 0 radical (unpaired) electrons. The van der Waals surface area contributed by atoms with E-state index in [-0.39, 0.29) is 12.1 Å². The molecule has 108 valence electrons. The molecule has 2 aromatic heterocycles. The second kappa shape index (κ2) is 5.22. The molecule has 3 rings (SSSR count). The van der Waals surface area contributed by atoms with Crippen LogP contribution in [-0.2, 0) is 12.8 Å². The zero-order valence-electron chi connectivity index (χ0n) is 12.2. The average molecular weight is 291 g/mol. The highest BCUT2D eigenvalue weighted by Crippen LogP contribution is 2.37. The first-order chi connectivity index (χ1) is 9.61. The van der Waals surface area contributed by atoms with E-state index < -0.39 is 0 Å². The Kier molecular flexibility index (Phi) is 3.56. The third-order valence-electron chi connectivity index (χ3n) is 3.87. The Morgan fingerprint density at radius 3 is 2.85 bits per heavy atom. The van der Waals surface area contributed by atoms with E-state index in [1.54, 1.807) is 13.3 Å². The summed E-state index contributed by atoms with van der Waals surface area (Å²) in [5, 5.41) is 4.41. The summed E-state index contributed by atoms with van der Waals surface area (Å²) in [6.07, 6.45) is 5.44. The standard InChI is InChI=1S/C15H21N3OS/c1-9(2)18-15(11(19-3)8-17-18)14(16)13-7-10-5-4-6-12(10)20-13/h7-9,14H,4-6,16H2,1-3H3. The molecule has 1 aliphatic rings. The number of rotatable bonds is 4. The summed E-state index contributed by atoms with van der Waals surface area (Å²) in [5.41, 5.74) is 8.96. The molecule has 2 aromatic rings. The molecule has 5 heteroatoms. The van der Waals surface area contributed by atoms with Gasteiger partial charge in [0.05, 0.1) is 19.3 Å². The fourth-order valence-electron chi connectivity index (χ4n) is 2.86. The van der Waals surface area contributed by atoms with E-state index in [1.165, 1.54) is 34.6 Å². The molecule has 0 saturated carbocycles. The molecule has 1 atom stereocenters. The SMILES string of the molecule is COc1cnn(C(C)C)c1C(N)c1cc2c(s1)CCC2. The van der Waals surface area contributed by atoms with Crippen molar-refractivity contribution in [2.45, 2.75) is 45.2 Å². The zero-order chi connectivity index (χ0) is 14.3. The highest BCUT2D eigenvalue weighted by molar-refractivity contribution is 7.12. The van der Waals surface area contributed by atoms with Crippen molar-refractivity contribution in [2.24, 2.45) is 5.73 Å². The maximum Gasteiger partial charge on any atom is 0.161 e. The lowest BCUT2D eigenvalue weighted by Gasteiger charge is -2.17. The number of thiophene rings is 1. The summed E-state index contributed by atoms with van der Waals surface area (Å²) in [6.45, 7) is 4.22. The largest absolute Gasteiger partial charge is 0.493 e.